The Morgan fingerprint density at radius 3 is 2.77 bits per heavy atom. The van der Waals surface area contributed by atoms with Crippen molar-refractivity contribution in [2.24, 2.45) is 10.7 Å². The zero-order valence-corrected chi connectivity index (χ0v) is 16.9. The van der Waals surface area contributed by atoms with E-state index in [2.05, 4.69) is 25.5 Å². The lowest BCUT2D eigenvalue weighted by molar-refractivity contribution is 0.102. The van der Waals surface area contributed by atoms with Crippen molar-refractivity contribution in [3.05, 3.63) is 71.0 Å². The smallest absolute Gasteiger partial charge is 0.274 e. The monoisotopic (exact) mass is 424 g/mol. The Morgan fingerprint density at radius 1 is 1.27 bits per heavy atom. The molecule has 1 amide bonds. The standard InChI is InChI=1S/C20H17FN6O2S/c1-11-26-27-18(29-11)12-3-6-16(23-10-12)17(28)24-13-4-5-15(21)14(9-13)20(2)7-8-30-19(22)25-20/h3-10H,1-2H3,(H2,22,25)(H,24,28)/t20-/m0/s1. The van der Waals surface area contributed by atoms with Gasteiger partial charge < -0.3 is 15.5 Å². The molecule has 1 aromatic carbocycles. The number of anilines is 1. The largest absolute Gasteiger partial charge is 0.421 e. The molecular formula is C20H17FN6O2S. The zero-order valence-electron chi connectivity index (χ0n) is 16.1. The van der Waals surface area contributed by atoms with E-state index in [-0.39, 0.29) is 5.69 Å². The predicted molar refractivity (Wildman–Crippen MR) is 112 cm³/mol. The minimum Gasteiger partial charge on any atom is -0.421 e. The molecule has 3 heterocycles. The molecule has 0 saturated carbocycles. The van der Waals surface area contributed by atoms with Gasteiger partial charge in [-0.15, -0.1) is 10.2 Å². The number of hydrogen-bond donors (Lipinski definition) is 2. The number of aliphatic imine (C=N–C) groups is 1. The number of carbonyl (C=O) groups excluding carboxylic acids is 1. The van der Waals surface area contributed by atoms with E-state index in [1.807, 2.05) is 0 Å². The molecule has 10 heteroatoms. The third-order valence-electron chi connectivity index (χ3n) is 4.46. The van der Waals surface area contributed by atoms with Gasteiger partial charge >= 0.3 is 0 Å². The number of amides is 1. The van der Waals surface area contributed by atoms with Crippen LogP contribution in [-0.4, -0.2) is 26.3 Å². The zero-order chi connectivity index (χ0) is 21.3. The highest BCUT2D eigenvalue weighted by Crippen LogP contribution is 2.35. The van der Waals surface area contributed by atoms with Crippen LogP contribution in [0.1, 0.15) is 28.9 Å². The van der Waals surface area contributed by atoms with Crippen LogP contribution in [0, 0.1) is 12.7 Å². The van der Waals surface area contributed by atoms with Crippen LogP contribution in [0.3, 0.4) is 0 Å². The Hall–Kier alpha value is -3.53. The van der Waals surface area contributed by atoms with E-state index < -0.39 is 17.3 Å². The van der Waals surface area contributed by atoms with Gasteiger partial charge in [-0.3, -0.25) is 9.78 Å². The molecule has 0 aliphatic carbocycles. The van der Waals surface area contributed by atoms with Gasteiger partial charge in [0.05, 0.1) is 5.56 Å². The van der Waals surface area contributed by atoms with Crippen LogP contribution in [0.4, 0.5) is 10.1 Å². The SMILES string of the molecule is Cc1nnc(-c2ccc(C(=O)Nc3ccc(F)c([C@]4(C)C=CSC(N)=N4)c3)nc2)o1. The second-order valence-electron chi connectivity index (χ2n) is 6.73. The summed E-state index contributed by atoms with van der Waals surface area (Å²) in [5.41, 5.74) is 6.33. The number of amidine groups is 1. The molecule has 4 rings (SSSR count). The molecule has 1 atom stereocenters. The average molecular weight is 424 g/mol. The minimum absolute atomic E-state index is 0.184. The molecule has 152 valence electrons. The van der Waals surface area contributed by atoms with E-state index in [4.69, 9.17) is 10.2 Å². The lowest BCUT2D eigenvalue weighted by atomic mass is 9.92. The Balaban J connectivity index is 1.55. The number of halogens is 1. The van der Waals surface area contributed by atoms with Gasteiger partial charge in [0.1, 0.15) is 17.1 Å². The maximum absolute atomic E-state index is 14.5. The summed E-state index contributed by atoms with van der Waals surface area (Å²) in [7, 11) is 0. The summed E-state index contributed by atoms with van der Waals surface area (Å²) in [4.78, 5) is 21.1. The van der Waals surface area contributed by atoms with E-state index in [0.717, 1.165) is 0 Å². The molecule has 1 aliphatic heterocycles. The lowest BCUT2D eigenvalue weighted by Crippen LogP contribution is -2.25. The second kappa shape index (κ2) is 7.71. The van der Waals surface area contributed by atoms with Crippen LogP contribution in [0.2, 0.25) is 0 Å². The summed E-state index contributed by atoms with van der Waals surface area (Å²) in [5, 5.41) is 12.5. The maximum Gasteiger partial charge on any atom is 0.274 e. The number of rotatable bonds is 4. The van der Waals surface area contributed by atoms with Gasteiger partial charge in [0.25, 0.3) is 5.91 Å². The molecule has 1 aliphatic rings. The molecular weight excluding hydrogens is 407 g/mol. The summed E-state index contributed by atoms with van der Waals surface area (Å²) in [6.45, 7) is 3.43. The maximum atomic E-state index is 14.5. The third-order valence-corrected chi connectivity index (χ3v) is 5.07. The summed E-state index contributed by atoms with van der Waals surface area (Å²) in [5.74, 6) is -0.128. The highest BCUT2D eigenvalue weighted by molar-refractivity contribution is 8.16. The third kappa shape index (κ3) is 3.94. The van der Waals surface area contributed by atoms with Gasteiger partial charge in [-0.1, -0.05) is 11.8 Å². The molecule has 30 heavy (non-hydrogen) atoms. The van der Waals surface area contributed by atoms with Gasteiger partial charge in [-0.2, -0.15) is 0 Å². The molecule has 8 nitrogen and oxygen atoms in total. The Labute approximate surface area is 175 Å². The molecule has 3 N–H and O–H groups in total. The van der Waals surface area contributed by atoms with Crippen molar-refractivity contribution in [2.75, 3.05) is 5.32 Å². The molecule has 0 saturated heterocycles. The number of pyridine rings is 1. The Morgan fingerprint density at radius 2 is 2.10 bits per heavy atom. The summed E-state index contributed by atoms with van der Waals surface area (Å²) >= 11 is 1.27. The van der Waals surface area contributed by atoms with Crippen LogP contribution >= 0.6 is 11.8 Å². The fourth-order valence-electron chi connectivity index (χ4n) is 2.93. The fourth-order valence-corrected chi connectivity index (χ4v) is 3.65. The number of carbonyl (C=O) groups is 1. The van der Waals surface area contributed by atoms with Crippen molar-refractivity contribution in [1.82, 2.24) is 15.2 Å². The van der Waals surface area contributed by atoms with Gasteiger partial charge in [-0.05, 0) is 48.7 Å². The molecule has 0 spiro atoms. The van der Waals surface area contributed by atoms with Crippen molar-refractivity contribution in [3.63, 3.8) is 0 Å². The number of nitrogens with zero attached hydrogens (tertiary/aromatic N) is 4. The van der Waals surface area contributed by atoms with Gasteiger partial charge in [0.2, 0.25) is 11.8 Å². The molecule has 3 aromatic rings. The lowest BCUT2D eigenvalue weighted by Gasteiger charge is -2.26. The highest BCUT2D eigenvalue weighted by atomic mass is 32.2. The number of aryl methyl sites for hydroxylation is 1. The predicted octanol–water partition coefficient (Wildman–Crippen LogP) is 3.62. The van der Waals surface area contributed by atoms with E-state index >= 15 is 0 Å². The number of nitrogens with two attached hydrogens (primary N) is 1. The van der Waals surface area contributed by atoms with Gasteiger partial charge in [0.15, 0.2) is 5.17 Å². The van der Waals surface area contributed by atoms with E-state index in [9.17, 15) is 9.18 Å². The van der Waals surface area contributed by atoms with Crippen LogP contribution in [0.25, 0.3) is 11.5 Å². The molecule has 0 radical (unpaired) electrons. The van der Waals surface area contributed by atoms with Crippen molar-refractivity contribution >= 4 is 28.5 Å². The summed E-state index contributed by atoms with van der Waals surface area (Å²) in [6, 6.07) is 7.51. The number of aromatic nitrogens is 3. The number of benzene rings is 1. The second-order valence-corrected chi connectivity index (χ2v) is 7.65. The van der Waals surface area contributed by atoms with E-state index in [1.54, 1.807) is 43.5 Å². The fraction of sp³-hybridized carbons (Fsp3) is 0.150. The number of hydrogen-bond acceptors (Lipinski definition) is 8. The first-order valence-electron chi connectivity index (χ1n) is 8.92. The van der Waals surface area contributed by atoms with Crippen molar-refractivity contribution < 1.29 is 13.6 Å². The van der Waals surface area contributed by atoms with Crippen molar-refractivity contribution in [1.29, 1.82) is 0 Å². The highest BCUT2D eigenvalue weighted by Gasteiger charge is 2.29. The molecule has 0 fully saturated rings. The quantitative estimate of drug-likeness (QED) is 0.656. The van der Waals surface area contributed by atoms with Gasteiger partial charge in [-0.25, -0.2) is 9.38 Å². The number of nitrogens with one attached hydrogen (secondary N) is 1. The van der Waals surface area contributed by atoms with Crippen molar-refractivity contribution in [3.8, 4) is 11.5 Å². The molecule has 0 bridgehead atoms. The Kier molecular flexibility index (Phi) is 5.08. The van der Waals surface area contributed by atoms with Gasteiger partial charge in [0, 0.05) is 24.4 Å². The minimum atomic E-state index is -0.956. The number of thioether (sulfide) groups is 1. The Bertz CT molecular complexity index is 1170. The van der Waals surface area contributed by atoms with Crippen molar-refractivity contribution in [2.45, 2.75) is 19.4 Å². The van der Waals surface area contributed by atoms with E-state index in [1.165, 1.54) is 30.1 Å². The topological polar surface area (TPSA) is 119 Å². The molecule has 0 unspecified atom stereocenters. The first-order valence-corrected chi connectivity index (χ1v) is 9.80. The normalized spacial score (nSPS) is 18.2. The summed E-state index contributed by atoms with van der Waals surface area (Å²) in [6.07, 6.45) is 3.23. The molecule has 2 aromatic heterocycles. The van der Waals surface area contributed by atoms with Crippen LogP contribution in [0.5, 0.6) is 0 Å². The average Bonchev–Trinajstić information content (AvgIpc) is 3.15. The first-order chi connectivity index (χ1) is 14.3. The summed E-state index contributed by atoms with van der Waals surface area (Å²) < 4.78 is 19.8. The van der Waals surface area contributed by atoms with Crippen LogP contribution in [-0.2, 0) is 5.54 Å². The van der Waals surface area contributed by atoms with Crippen LogP contribution in [0.15, 0.2) is 57.4 Å². The van der Waals surface area contributed by atoms with Crippen LogP contribution < -0.4 is 11.1 Å². The van der Waals surface area contributed by atoms with E-state index in [0.29, 0.717) is 33.8 Å². The first kappa shape index (κ1) is 19.8.